The van der Waals surface area contributed by atoms with Crippen molar-refractivity contribution in [3.05, 3.63) is 70.2 Å². The molecule has 0 aliphatic heterocycles. The second-order valence-electron chi connectivity index (χ2n) is 4.71. The summed E-state index contributed by atoms with van der Waals surface area (Å²) in [5.74, 6) is 0.0873. The van der Waals surface area contributed by atoms with Crippen molar-refractivity contribution in [3.8, 4) is 0 Å². The van der Waals surface area contributed by atoms with Crippen LogP contribution in [0.25, 0.3) is 0 Å². The molecule has 0 radical (unpaired) electrons. The SMILES string of the molecule is CCCC(=O)NC(c1ccccc1)c1ccc(Br)cc1. The first-order chi connectivity index (χ1) is 9.70. The molecule has 0 aliphatic rings. The Labute approximate surface area is 128 Å². The Bertz CT molecular complexity index is 551. The Hall–Kier alpha value is -1.61. The lowest BCUT2D eigenvalue weighted by Gasteiger charge is -2.20. The van der Waals surface area contributed by atoms with Gasteiger partial charge in [-0.05, 0) is 29.7 Å². The number of rotatable bonds is 5. The molecule has 1 amide bonds. The van der Waals surface area contributed by atoms with Crippen LogP contribution in [-0.2, 0) is 4.79 Å². The van der Waals surface area contributed by atoms with Crippen LogP contribution in [0.1, 0.15) is 36.9 Å². The van der Waals surface area contributed by atoms with Crippen LogP contribution >= 0.6 is 15.9 Å². The molecule has 104 valence electrons. The van der Waals surface area contributed by atoms with Crippen molar-refractivity contribution in [1.29, 1.82) is 0 Å². The number of hydrogen-bond acceptors (Lipinski definition) is 1. The summed E-state index contributed by atoms with van der Waals surface area (Å²) in [6.07, 6.45) is 1.41. The predicted octanol–water partition coefficient (Wildman–Crippen LogP) is 4.45. The molecule has 1 unspecified atom stereocenters. The minimum absolute atomic E-state index is 0.0873. The maximum Gasteiger partial charge on any atom is 0.220 e. The number of hydrogen-bond donors (Lipinski definition) is 1. The summed E-state index contributed by atoms with van der Waals surface area (Å²) in [5.41, 5.74) is 2.18. The van der Waals surface area contributed by atoms with Crippen LogP contribution in [0.3, 0.4) is 0 Å². The van der Waals surface area contributed by atoms with Crippen molar-refractivity contribution in [2.45, 2.75) is 25.8 Å². The van der Waals surface area contributed by atoms with E-state index in [2.05, 4.69) is 21.2 Å². The molecular formula is C17H18BrNO. The molecular weight excluding hydrogens is 314 g/mol. The lowest BCUT2D eigenvalue weighted by Crippen LogP contribution is -2.28. The van der Waals surface area contributed by atoms with Gasteiger partial charge in [0, 0.05) is 10.9 Å². The lowest BCUT2D eigenvalue weighted by atomic mass is 9.98. The van der Waals surface area contributed by atoms with Crippen LogP contribution in [0.2, 0.25) is 0 Å². The standard InChI is InChI=1S/C17H18BrNO/c1-2-6-16(20)19-17(13-7-4-3-5-8-13)14-9-11-15(18)12-10-14/h3-5,7-12,17H,2,6H2,1H3,(H,19,20). The largest absolute Gasteiger partial charge is 0.345 e. The fraction of sp³-hybridized carbons (Fsp3) is 0.235. The maximum atomic E-state index is 11.9. The third-order valence-electron chi connectivity index (χ3n) is 3.12. The summed E-state index contributed by atoms with van der Waals surface area (Å²) in [7, 11) is 0. The third kappa shape index (κ3) is 3.94. The summed E-state index contributed by atoms with van der Waals surface area (Å²) in [6, 6.07) is 18.0. The number of benzene rings is 2. The number of nitrogens with one attached hydrogen (secondary N) is 1. The van der Waals surface area contributed by atoms with Gasteiger partial charge in [0.05, 0.1) is 6.04 Å². The van der Waals surface area contributed by atoms with Crippen molar-refractivity contribution in [3.63, 3.8) is 0 Å². The van der Waals surface area contributed by atoms with Gasteiger partial charge < -0.3 is 5.32 Å². The second kappa shape index (κ2) is 7.25. The Balaban J connectivity index is 2.29. The maximum absolute atomic E-state index is 11.9. The summed E-state index contributed by atoms with van der Waals surface area (Å²) < 4.78 is 1.04. The molecule has 0 bridgehead atoms. The summed E-state index contributed by atoms with van der Waals surface area (Å²) >= 11 is 3.44. The molecule has 0 aromatic heterocycles. The molecule has 20 heavy (non-hydrogen) atoms. The van der Waals surface area contributed by atoms with Gasteiger partial charge in [-0.2, -0.15) is 0 Å². The summed E-state index contributed by atoms with van der Waals surface area (Å²) in [4.78, 5) is 11.9. The Morgan fingerprint density at radius 2 is 1.65 bits per heavy atom. The monoisotopic (exact) mass is 331 g/mol. The Morgan fingerprint density at radius 3 is 2.25 bits per heavy atom. The zero-order valence-corrected chi connectivity index (χ0v) is 13.1. The topological polar surface area (TPSA) is 29.1 Å². The molecule has 0 fully saturated rings. The molecule has 0 saturated carbocycles. The molecule has 0 saturated heterocycles. The van der Waals surface area contributed by atoms with Crippen molar-refractivity contribution >= 4 is 21.8 Å². The van der Waals surface area contributed by atoms with Crippen LogP contribution < -0.4 is 5.32 Å². The summed E-state index contributed by atoms with van der Waals surface area (Å²) in [6.45, 7) is 2.01. The molecule has 2 aromatic rings. The Morgan fingerprint density at radius 1 is 1.05 bits per heavy atom. The zero-order valence-electron chi connectivity index (χ0n) is 11.5. The summed E-state index contributed by atoms with van der Waals surface area (Å²) in [5, 5.41) is 3.12. The van der Waals surface area contributed by atoms with E-state index < -0.39 is 0 Å². The highest BCUT2D eigenvalue weighted by molar-refractivity contribution is 9.10. The highest BCUT2D eigenvalue weighted by Crippen LogP contribution is 2.23. The lowest BCUT2D eigenvalue weighted by molar-refractivity contribution is -0.121. The van der Waals surface area contributed by atoms with E-state index >= 15 is 0 Å². The van der Waals surface area contributed by atoms with E-state index in [-0.39, 0.29) is 11.9 Å². The van der Waals surface area contributed by atoms with E-state index in [0.717, 1.165) is 22.0 Å². The van der Waals surface area contributed by atoms with Gasteiger partial charge in [-0.15, -0.1) is 0 Å². The van der Waals surface area contributed by atoms with Crippen molar-refractivity contribution < 1.29 is 4.79 Å². The average Bonchev–Trinajstić information content (AvgIpc) is 2.47. The number of amides is 1. The van der Waals surface area contributed by atoms with E-state index in [9.17, 15) is 4.79 Å². The third-order valence-corrected chi connectivity index (χ3v) is 3.65. The van der Waals surface area contributed by atoms with Crippen LogP contribution in [0, 0.1) is 0 Å². The number of carbonyl (C=O) groups excluding carboxylic acids is 1. The van der Waals surface area contributed by atoms with Gasteiger partial charge in [0.25, 0.3) is 0 Å². The minimum Gasteiger partial charge on any atom is -0.345 e. The second-order valence-corrected chi connectivity index (χ2v) is 5.63. The van der Waals surface area contributed by atoms with E-state index in [1.807, 2.05) is 61.5 Å². The molecule has 0 spiro atoms. The number of carbonyl (C=O) groups is 1. The van der Waals surface area contributed by atoms with Gasteiger partial charge in [-0.1, -0.05) is 65.3 Å². The van der Waals surface area contributed by atoms with Gasteiger partial charge in [0.1, 0.15) is 0 Å². The first kappa shape index (κ1) is 14.8. The van der Waals surface area contributed by atoms with Gasteiger partial charge >= 0.3 is 0 Å². The molecule has 1 atom stereocenters. The Kier molecular flexibility index (Phi) is 5.36. The van der Waals surface area contributed by atoms with E-state index in [0.29, 0.717) is 6.42 Å². The van der Waals surface area contributed by atoms with Crippen LogP contribution in [0.15, 0.2) is 59.1 Å². The highest BCUT2D eigenvalue weighted by Gasteiger charge is 2.16. The molecule has 1 N–H and O–H groups in total. The molecule has 2 aromatic carbocycles. The normalized spacial score (nSPS) is 11.9. The first-order valence-electron chi connectivity index (χ1n) is 6.80. The van der Waals surface area contributed by atoms with Gasteiger partial charge in [-0.3, -0.25) is 4.79 Å². The highest BCUT2D eigenvalue weighted by atomic mass is 79.9. The van der Waals surface area contributed by atoms with Gasteiger partial charge in [0.15, 0.2) is 0 Å². The first-order valence-corrected chi connectivity index (χ1v) is 7.59. The zero-order chi connectivity index (χ0) is 14.4. The van der Waals surface area contributed by atoms with Crippen molar-refractivity contribution in [2.75, 3.05) is 0 Å². The van der Waals surface area contributed by atoms with Gasteiger partial charge in [0.2, 0.25) is 5.91 Å². The fourth-order valence-electron chi connectivity index (χ4n) is 2.12. The quantitative estimate of drug-likeness (QED) is 0.861. The minimum atomic E-state index is -0.0941. The predicted molar refractivity (Wildman–Crippen MR) is 85.5 cm³/mol. The van der Waals surface area contributed by atoms with Crippen LogP contribution in [0.4, 0.5) is 0 Å². The average molecular weight is 332 g/mol. The van der Waals surface area contributed by atoms with Crippen LogP contribution in [-0.4, -0.2) is 5.91 Å². The van der Waals surface area contributed by atoms with Crippen LogP contribution in [0.5, 0.6) is 0 Å². The van der Waals surface area contributed by atoms with E-state index in [4.69, 9.17) is 0 Å². The van der Waals surface area contributed by atoms with Crippen molar-refractivity contribution in [1.82, 2.24) is 5.32 Å². The van der Waals surface area contributed by atoms with E-state index in [1.165, 1.54) is 0 Å². The molecule has 3 heteroatoms. The van der Waals surface area contributed by atoms with Gasteiger partial charge in [-0.25, -0.2) is 0 Å². The molecule has 2 nitrogen and oxygen atoms in total. The fourth-order valence-corrected chi connectivity index (χ4v) is 2.38. The smallest absolute Gasteiger partial charge is 0.220 e. The van der Waals surface area contributed by atoms with E-state index in [1.54, 1.807) is 0 Å². The molecule has 0 aliphatic carbocycles. The molecule has 0 heterocycles. The van der Waals surface area contributed by atoms with Crippen molar-refractivity contribution in [2.24, 2.45) is 0 Å². The number of halogens is 1. The molecule has 2 rings (SSSR count).